The molecule has 3 rings (SSSR count). The Balaban J connectivity index is 1.46. The van der Waals surface area contributed by atoms with Crippen molar-refractivity contribution in [2.45, 2.75) is 38.5 Å². The zero-order valence-corrected chi connectivity index (χ0v) is 13.5. The number of hydrogen-bond acceptors (Lipinski definition) is 2. The Kier molecular flexibility index (Phi) is 5.11. The first-order valence-electron chi connectivity index (χ1n) is 8.55. The maximum absolute atomic E-state index is 12.5. The molecule has 2 amide bonds. The van der Waals surface area contributed by atoms with Gasteiger partial charge >= 0.3 is 0 Å². The van der Waals surface area contributed by atoms with Crippen LogP contribution in [0.5, 0.6) is 0 Å². The molecule has 0 aromatic heterocycles. The Hall–Kier alpha value is -2.10. The van der Waals surface area contributed by atoms with Gasteiger partial charge in [-0.05, 0) is 43.2 Å². The van der Waals surface area contributed by atoms with E-state index in [0.29, 0.717) is 25.3 Å². The molecule has 0 spiro atoms. The number of anilines is 1. The standard InChI is InChI=1S/C19H24N2O2/c22-18(14-15-6-1-2-7-15)20-12-11-19(23)21-13-5-9-16-8-3-4-10-17(16)21/h1,3-4,6,8,10,15H,2,5,7,9,11-14H2,(H,20,22)/t15-/m1/s1. The highest BCUT2D eigenvalue weighted by atomic mass is 16.2. The van der Waals surface area contributed by atoms with E-state index in [1.165, 1.54) is 5.56 Å². The second-order valence-electron chi connectivity index (χ2n) is 6.35. The monoisotopic (exact) mass is 312 g/mol. The average Bonchev–Trinajstić information content (AvgIpc) is 3.07. The van der Waals surface area contributed by atoms with Gasteiger partial charge in [0.2, 0.25) is 11.8 Å². The second kappa shape index (κ2) is 7.44. The summed E-state index contributed by atoms with van der Waals surface area (Å²) in [6, 6.07) is 8.09. The van der Waals surface area contributed by atoms with Gasteiger partial charge in [0.15, 0.2) is 0 Å². The maximum Gasteiger partial charge on any atom is 0.228 e. The fraction of sp³-hybridized carbons (Fsp3) is 0.474. The molecule has 1 aliphatic heterocycles. The molecule has 0 unspecified atom stereocenters. The summed E-state index contributed by atoms with van der Waals surface area (Å²) >= 11 is 0. The number of hydrogen-bond donors (Lipinski definition) is 1. The third-order valence-corrected chi connectivity index (χ3v) is 4.63. The first-order chi connectivity index (χ1) is 11.2. The molecule has 1 atom stereocenters. The molecule has 4 heteroatoms. The fourth-order valence-electron chi connectivity index (χ4n) is 3.41. The molecule has 122 valence electrons. The van der Waals surface area contributed by atoms with E-state index in [1.54, 1.807) is 0 Å². The van der Waals surface area contributed by atoms with Gasteiger partial charge in [-0.15, -0.1) is 0 Å². The molecule has 0 saturated heterocycles. The van der Waals surface area contributed by atoms with Crippen molar-refractivity contribution in [2.75, 3.05) is 18.0 Å². The topological polar surface area (TPSA) is 49.4 Å². The van der Waals surface area contributed by atoms with Crippen LogP contribution in [-0.2, 0) is 16.0 Å². The minimum absolute atomic E-state index is 0.0494. The number of nitrogens with zero attached hydrogens (tertiary/aromatic N) is 1. The summed E-state index contributed by atoms with van der Waals surface area (Å²) in [6.45, 7) is 1.20. The van der Waals surface area contributed by atoms with Gasteiger partial charge in [0, 0.05) is 31.6 Å². The van der Waals surface area contributed by atoms with E-state index >= 15 is 0 Å². The zero-order valence-electron chi connectivity index (χ0n) is 13.5. The van der Waals surface area contributed by atoms with Crippen molar-refractivity contribution in [1.82, 2.24) is 5.32 Å². The van der Waals surface area contributed by atoms with Gasteiger partial charge in [-0.2, -0.15) is 0 Å². The Morgan fingerprint density at radius 2 is 2.13 bits per heavy atom. The Bertz CT molecular complexity index is 609. The number of amides is 2. The smallest absolute Gasteiger partial charge is 0.228 e. The highest BCUT2D eigenvalue weighted by Gasteiger charge is 2.22. The highest BCUT2D eigenvalue weighted by molar-refractivity contribution is 5.94. The number of benzene rings is 1. The molecule has 1 N–H and O–H groups in total. The molecule has 4 nitrogen and oxygen atoms in total. The summed E-state index contributed by atoms with van der Waals surface area (Å²) in [5.74, 6) is 0.520. The van der Waals surface area contributed by atoms with Gasteiger partial charge in [0.05, 0.1) is 0 Å². The molecular formula is C19H24N2O2. The van der Waals surface area contributed by atoms with E-state index in [1.807, 2.05) is 23.1 Å². The molecule has 23 heavy (non-hydrogen) atoms. The number of nitrogens with one attached hydrogen (secondary N) is 1. The van der Waals surface area contributed by atoms with Crippen LogP contribution >= 0.6 is 0 Å². The van der Waals surface area contributed by atoms with E-state index in [-0.39, 0.29) is 11.8 Å². The molecular weight excluding hydrogens is 288 g/mol. The van der Waals surface area contributed by atoms with Crippen LogP contribution < -0.4 is 10.2 Å². The van der Waals surface area contributed by atoms with Gasteiger partial charge in [-0.3, -0.25) is 9.59 Å². The maximum atomic E-state index is 12.5. The van der Waals surface area contributed by atoms with Crippen molar-refractivity contribution >= 4 is 17.5 Å². The van der Waals surface area contributed by atoms with Crippen LogP contribution in [0.4, 0.5) is 5.69 Å². The van der Waals surface area contributed by atoms with Crippen molar-refractivity contribution in [3.63, 3.8) is 0 Å². The number of fused-ring (bicyclic) bond motifs is 1. The molecule has 0 fully saturated rings. The van der Waals surface area contributed by atoms with Crippen molar-refractivity contribution in [1.29, 1.82) is 0 Å². The number of para-hydroxylation sites is 1. The number of rotatable bonds is 5. The van der Waals surface area contributed by atoms with Crippen LogP contribution in [0.15, 0.2) is 36.4 Å². The Morgan fingerprint density at radius 1 is 1.26 bits per heavy atom. The summed E-state index contributed by atoms with van der Waals surface area (Å²) in [5, 5.41) is 2.88. The lowest BCUT2D eigenvalue weighted by Gasteiger charge is -2.29. The minimum Gasteiger partial charge on any atom is -0.356 e. The van der Waals surface area contributed by atoms with Crippen molar-refractivity contribution < 1.29 is 9.59 Å². The normalized spacial score (nSPS) is 19.5. The lowest BCUT2D eigenvalue weighted by atomic mass is 10.0. The van der Waals surface area contributed by atoms with Crippen LogP contribution in [0.3, 0.4) is 0 Å². The van der Waals surface area contributed by atoms with E-state index in [9.17, 15) is 9.59 Å². The molecule has 0 bridgehead atoms. The lowest BCUT2D eigenvalue weighted by Crippen LogP contribution is -2.37. The Labute approximate surface area is 137 Å². The molecule has 0 radical (unpaired) electrons. The Morgan fingerprint density at radius 3 is 2.96 bits per heavy atom. The molecule has 0 saturated carbocycles. The average molecular weight is 312 g/mol. The first-order valence-corrected chi connectivity index (χ1v) is 8.55. The zero-order chi connectivity index (χ0) is 16.1. The van der Waals surface area contributed by atoms with Crippen LogP contribution in [0.1, 0.15) is 37.7 Å². The summed E-state index contributed by atoms with van der Waals surface area (Å²) in [7, 11) is 0. The number of carbonyl (C=O) groups is 2. The van der Waals surface area contributed by atoms with E-state index < -0.39 is 0 Å². The molecule has 1 heterocycles. The SMILES string of the molecule is O=C(C[C@@H]1C=CCC1)NCCC(=O)N1CCCc2ccccc21. The molecule has 1 aromatic carbocycles. The first kappa shape index (κ1) is 15.8. The summed E-state index contributed by atoms with van der Waals surface area (Å²) < 4.78 is 0. The van der Waals surface area contributed by atoms with E-state index in [0.717, 1.165) is 37.9 Å². The van der Waals surface area contributed by atoms with Gasteiger partial charge in [0.1, 0.15) is 0 Å². The third-order valence-electron chi connectivity index (χ3n) is 4.63. The predicted octanol–water partition coefficient (Wildman–Crippen LogP) is 2.83. The summed E-state index contributed by atoms with van der Waals surface area (Å²) in [5.41, 5.74) is 2.27. The fourth-order valence-corrected chi connectivity index (χ4v) is 3.41. The largest absolute Gasteiger partial charge is 0.356 e. The quantitative estimate of drug-likeness (QED) is 0.850. The van der Waals surface area contributed by atoms with Crippen molar-refractivity contribution in [2.24, 2.45) is 5.92 Å². The third kappa shape index (κ3) is 4.01. The molecule has 1 aliphatic carbocycles. The van der Waals surface area contributed by atoms with Gasteiger partial charge in [0.25, 0.3) is 0 Å². The van der Waals surface area contributed by atoms with Crippen LogP contribution in [0.2, 0.25) is 0 Å². The van der Waals surface area contributed by atoms with Gasteiger partial charge < -0.3 is 10.2 Å². The van der Waals surface area contributed by atoms with Crippen molar-refractivity contribution in [3.05, 3.63) is 42.0 Å². The number of aryl methyl sites for hydroxylation is 1. The highest BCUT2D eigenvalue weighted by Crippen LogP contribution is 2.27. The van der Waals surface area contributed by atoms with Crippen molar-refractivity contribution in [3.8, 4) is 0 Å². The van der Waals surface area contributed by atoms with E-state index in [2.05, 4.69) is 23.5 Å². The van der Waals surface area contributed by atoms with Gasteiger partial charge in [-0.25, -0.2) is 0 Å². The van der Waals surface area contributed by atoms with Crippen LogP contribution in [0, 0.1) is 5.92 Å². The second-order valence-corrected chi connectivity index (χ2v) is 6.35. The summed E-state index contributed by atoms with van der Waals surface area (Å²) in [4.78, 5) is 26.2. The molecule has 1 aromatic rings. The number of allylic oxidation sites excluding steroid dienone is 2. The molecule has 2 aliphatic rings. The summed E-state index contributed by atoms with van der Waals surface area (Å²) in [6.07, 6.45) is 9.33. The lowest BCUT2D eigenvalue weighted by molar-refractivity contribution is -0.122. The van der Waals surface area contributed by atoms with Crippen LogP contribution in [0.25, 0.3) is 0 Å². The van der Waals surface area contributed by atoms with Crippen LogP contribution in [-0.4, -0.2) is 24.9 Å². The van der Waals surface area contributed by atoms with Gasteiger partial charge in [-0.1, -0.05) is 30.4 Å². The predicted molar refractivity (Wildman–Crippen MR) is 91.2 cm³/mol. The minimum atomic E-state index is 0.0494. The van der Waals surface area contributed by atoms with E-state index in [4.69, 9.17) is 0 Å². The number of carbonyl (C=O) groups excluding carboxylic acids is 2.